The molecule has 1 amide bonds. The van der Waals surface area contributed by atoms with E-state index in [2.05, 4.69) is 15.3 Å². The Kier molecular flexibility index (Phi) is 5.02. The molecule has 156 valence electrons. The topological polar surface area (TPSA) is 96.8 Å². The first-order valence-electron chi connectivity index (χ1n) is 10.4. The van der Waals surface area contributed by atoms with Gasteiger partial charge < -0.3 is 9.88 Å². The van der Waals surface area contributed by atoms with Crippen molar-refractivity contribution < 1.29 is 4.79 Å². The molecule has 3 aromatic rings. The van der Waals surface area contributed by atoms with Crippen LogP contribution in [0.2, 0.25) is 5.02 Å². The molecule has 1 N–H and O–H groups in total. The van der Waals surface area contributed by atoms with Gasteiger partial charge in [-0.2, -0.15) is 0 Å². The highest BCUT2D eigenvalue weighted by Crippen LogP contribution is 2.31. The summed E-state index contributed by atoms with van der Waals surface area (Å²) >= 11 is 6.08. The lowest BCUT2D eigenvalue weighted by Crippen LogP contribution is -2.44. The number of H-pyrrole nitrogens is 1. The number of fused-ring (bicyclic) bond motifs is 1. The van der Waals surface area contributed by atoms with Gasteiger partial charge in [0, 0.05) is 29.9 Å². The Labute approximate surface area is 178 Å². The Morgan fingerprint density at radius 1 is 1.23 bits per heavy atom. The molecule has 0 bridgehead atoms. The lowest BCUT2D eigenvalue weighted by atomic mass is 9.83. The number of halogens is 1. The second-order valence-corrected chi connectivity index (χ2v) is 8.69. The van der Waals surface area contributed by atoms with Gasteiger partial charge in [0.1, 0.15) is 5.82 Å². The number of piperidine rings is 1. The van der Waals surface area contributed by atoms with Gasteiger partial charge in [0.25, 0.3) is 5.56 Å². The number of benzene rings is 1. The van der Waals surface area contributed by atoms with Gasteiger partial charge in [-0.15, -0.1) is 5.10 Å². The molecule has 0 spiro atoms. The van der Waals surface area contributed by atoms with Crippen molar-refractivity contribution in [2.75, 3.05) is 13.1 Å². The van der Waals surface area contributed by atoms with Gasteiger partial charge in [0.15, 0.2) is 11.2 Å². The molecule has 30 heavy (non-hydrogen) atoms. The van der Waals surface area contributed by atoms with Crippen LogP contribution in [0.25, 0.3) is 11.2 Å². The Morgan fingerprint density at radius 3 is 2.87 bits per heavy atom. The second-order valence-electron chi connectivity index (χ2n) is 8.25. The number of carbonyl (C=O) groups excluding carboxylic acids is 1. The zero-order valence-corrected chi connectivity index (χ0v) is 17.3. The summed E-state index contributed by atoms with van der Waals surface area (Å²) in [6.07, 6.45) is 4.93. The van der Waals surface area contributed by atoms with Gasteiger partial charge in [-0.25, -0.2) is 9.67 Å². The van der Waals surface area contributed by atoms with E-state index in [1.165, 1.54) is 0 Å². The molecule has 1 aliphatic heterocycles. The lowest BCUT2D eigenvalue weighted by Gasteiger charge is -2.36. The second kappa shape index (κ2) is 7.83. The molecule has 2 aliphatic rings. The largest absolute Gasteiger partial charge is 0.342 e. The van der Waals surface area contributed by atoms with E-state index in [1.807, 2.05) is 29.2 Å². The summed E-state index contributed by atoms with van der Waals surface area (Å²) in [7, 11) is 0. The monoisotopic (exact) mass is 426 g/mol. The summed E-state index contributed by atoms with van der Waals surface area (Å²) in [5.41, 5.74) is 1.33. The Morgan fingerprint density at radius 2 is 2.10 bits per heavy atom. The third-order valence-corrected chi connectivity index (χ3v) is 6.42. The maximum Gasteiger partial charge on any atom is 0.281 e. The van der Waals surface area contributed by atoms with Crippen LogP contribution in [0.15, 0.2) is 29.1 Å². The molecule has 0 unspecified atom stereocenters. The van der Waals surface area contributed by atoms with E-state index in [9.17, 15) is 9.59 Å². The van der Waals surface area contributed by atoms with Gasteiger partial charge in [0.2, 0.25) is 5.91 Å². The van der Waals surface area contributed by atoms with E-state index < -0.39 is 0 Å². The van der Waals surface area contributed by atoms with Crippen molar-refractivity contribution in [3.8, 4) is 0 Å². The van der Waals surface area contributed by atoms with Crippen molar-refractivity contribution in [1.82, 2.24) is 29.9 Å². The average Bonchev–Trinajstić information content (AvgIpc) is 3.10. The molecule has 0 radical (unpaired) electrons. The summed E-state index contributed by atoms with van der Waals surface area (Å²) in [6.45, 7) is 1.80. The fourth-order valence-electron chi connectivity index (χ4n) is 4.31. The van der Waals surface area contributed by atoms with Crippen LogP contribution in [0, 0.1) is 5.92 Å². The molecule has 8 nitrogen and oxygen atoms in total. The van der Waals surface area contributed by atoms with E-state index in [1.54, 1.807) is 4.68 Å². The normalized spacial score (nSPS) is 19.8. The molecule has 5 rings (SSSR count). The van der Waals surface area contributed by atoms with Crippen LogP contribution in [0.3, 0.4) is 0 Å². The van der Waals surface area contributed by atoms with E-state index in [-0.39, 0.29) is 28.8 Å². The lowest BCUT2D eigenvalue weighted by molar-refractivity contribution is -0.139. The molecule has 1 atom stereocenters. The number of aromatic amines is 1. The van der Waals surface area contributed by atoms with Crippen molar-refractivity contribution >= 4 is 28.7 Å². The van der Waals surface area contributed by atoms with Crippen molar-refractivity contribution in [3.05, 3.63) is 51.0 Å². The molecule has 1 saturated carbocycles. The van der Waals surface area contributed by atoms with Crippen molar-refractivity contribution in [3.63, 3.8) is 0 Å². The van der Waals surface area contributed by atoms with Crippen molar-refractivity contribution in [2.45, 2.75) is 44.6 Å². The number of amides is 1. The van der Waals surface area contributed by atoms with E-state index in [4.69, 9.17) is 16.6 Å². The predicted molar refractivity (Wildman–Crippen MR) is 112 cm³/mol. The van der Waals surface area contributed by atoms with Crippen LogP contribution in [0.5, 0.6) is 0 Å². The van der Waals surface area contributed by atoms with Crippen LogP contribution >= 0.6 is 11.6 Å². The molecule has 2 aromatic heterocycles. The fourth-order valence-corrected chi connectivity index (χ4v) is 4.52. The zero-order chi connectivity index (χ0) is 20.7. The fraction of sp³-hybridized carbons (Fsp3) is 0.476. The van der Waals surface area contributed by atoms with Gasteiger partial charge >= 0.3 is 0 Å². The number of carbonyl (C=O) groups is 1. The highest BCUT2D eigenvalue weighted by molar-refractivity contribution is 6.30. The van der Waals surface area contributed by atoms with Gasteiger partial charge in [-0.3, -0.25) is 9.59 Å². The number of rotatable bonds is 4. The number of nitrogens with one attached hydrogen (secondary N) is 1. The quantitative estimate of drug-likeness (QED) is 0.691. The molecular weight excluding hydrogens is 404 g/mol. The van der Waals surface area contributed by atoms with Crippen molar-refractivity contribution in [1.29, 1.82) is 0 Å². The Bertz CT molecular complexity index is 1150. The molecule has 9 heteroatoms. The van der Waals surface area contributed by atoms with Crippen molar-refractivity contribution in [2.24, 2.45) is 5.92 Å². The summed E-state index contributed by atoms with van der Waals surface area (Å²) in [5, 5.41) is 8.79. The minimum absolute atomic E-state index is 0.00870. The minimum atomic E-state index is -0.296. The summed E-state index contributed by atoms with van der Waals surface area (Å²) < 4.78 is 1.62. The number of aromatic nitrogens is 5. The molecule has 3 heterocycles. The van der Waals surface area contributed by atoms with E-state index >= 15 is 0 Å². The van der Waals surface area contributed by atoms with Crippen LogP contribution in [0.4, 0.5) is 0 Å². The van der Waals surface area contributed by atoms with E-state index in [0.717, 1.165) is 44.2 Å². The number of likely N-dealkylation sites (tertiary alicyclic amines) is 1. The highest BCUT2D eigenvalue weighted by atomic mass is 35.5. The molecule has 1 saturated heterocycles. The van der Waals surface area contributed by atoms with Gasteiger partial charge in [-0.05, 0) is 43.4 Å². The minimum Gasteiger partial charge on any atom is -0.342 e. The summed E-state index contributed by atoms with van der Waals surface area (Å²) in [4.78, 5) is 34.9. The first-order chi connectivity index (χ1) is 14.6. The molecule has 1 aromatic carbocycles. The standard InChI is InChI=1S/C21H23ClN6O2/c22-16-8-1-4-13(10-16)11-28-19-17(25-26-28)20(29)24-18(23-19)15-7-3-9-27(12-15)21(30)14-5-2-6-14/h1,4,8,10,14-15H,2-3,5-7,9,11-12H2,(H,23,24,29)/t15-/m1/s1. The van der Waals surface area contributed by atoms with Gasteiger partial charge in [0.05, 0.1) is 6.54 Å². The number of nitrogens with zero attached hydrogens (tertiary/aromatic N) is 5. The number of hydrogen-bond acceptors (Lipinski definition) is 5. The summed E-state index contributed by atoms with van der Waals surface area (Å²) in [5.74, 6) is 1.05. The Balaban J connectivity index is 1.43. The van der Waals surface area contributed by atoms with Crippen LogP contribution in [0.1, 0.15) is 49.4 Å². The first kappa shape index (κ1) is 19.2. The molecule has 1 aliphatic carbocycles. The summed E-state index contributed by atoms with van der Waals surface area (Å²) in [6, 6.07) is 7.48. The smallest absolute Gasteiger partial charge is 0.281 e. The van der Waals surface area contributed by atoms with Crippen LogP contribution in [-0.2, 0) is 11.3 Å². The third kappa shape index (κ3) is 3.60. The first-order valence-corrected chi connectivity index (χ1v) is 10.8. The number of hydrogen-bond donors (Lipinski definition) is 1. The average molecular weight is 427 g/mol. The van der Waals surface area contributed by atoms with Gasteiger partial charge in [-0.1, -0.05) is 35.4 Å². The maximum atomic E-state index is 12.7. The predicted octanol–water partition coefficient (Wildman–Crippen LogP) is 2.72. The maximum absolute atomic E-state index is 12.7. The molecule has 2 fully saturated rings. The molecular formula is C21H23ClN6O2. The van der Waals surface area contributed by atoms with E-state index in [0.29, 0.717) is 29.6 Å². The zero-order valence-electron chi connectivity index (χ0n) is 16.6. The third-order valence-electron chi connectivity index (χ3n) is 6.19. The highest BCUT2D eigenvalue weighted by Gasteiger charge is 2.33. The van der Waals surface area contributed by atoms with Crippen LogP contribution < -0.4 is 5.56 Å². The van der Waals surface area contributed by atoms with Crippen LogP contribution in [-0.4, -0.2) is 48.9 Å². The SMILES string of the molecule is O=C(C1CCC1)N1CCC[C@@H](c2nc3c(nnn3Cc3cccc(Cl)c3)c(=O)[nH]2)C1. The Hall–Kier alpha value is -2.74.